The summed E-state index contributed by atoms with van der Waals surface area (Å²) in [6, 6.07) is 9.67. The lowest BCUT2D eigenvalue weighted by Gasteiger charge is -2.16. The van der Waals surface area contributed by atoms with E-state index in [2.05, 4.69) is 50.5 Å². The first-order valence-electron chi connectivity index (χ1n) is 8.99. The monoisotopic (exact) mass is 289 g/mol. The Kier molecular flexibility index (Phi) is 10.2. The van der Waals surface area contributed by atoms with Crippen molar-refractivity contribution in [2.24, 2.45) is 0 Å². The molecule has 0 saturated heterocycles. The molecule has 1 aromatic rings. The lowest BCUT2D eigenvalue weighted by molar-refractivity contribution is 0.457. The molecule has 0 aliphatic rings. The summed E-state index contributed by atoms with van der Waals surface area (Å²) >= 11 is 0. The molecule has 1 unspecified atom stereocenters. The van der Waals surface area contributed by atoms with E-state index < -0.39 is 0 Å². The summed E-state index contributed by atoms with van der Waals surface area (Å²) in [5, 5.41) is 3.49. The van der Waals surface area contributed by atoms with Crippen molar-refractivity contribution in [3.8, 4) is 0 Å². The van der Waals surface area contributed by atoms with Crippen molar-refractivity contribution in [2.45, 2.75) is 84.1 Å². The zero-order chi connectivity index (χ0) is 15.3. The number of hydrogen-bond acceptors (Lipinski definition) is 1. The van der Waals surface area contributed by atoms with Crippen LogP contribution in [0.3, 0.4) is 0 Å². The highest BCUT2D eigenvalue weighted by Crippen LogP contribution is 2.13. The molecule has 120 valence electrons. The zero-order valence-electron chi connectivity index (χ0n) is 14.5. The molecular formula is C20H35N. The maximum Gasteiger partial charge on any atom is 0.00672 e. The molecule has 0 aliphatic heterocycles. The van der Waals surface area contributed by atoms with Crippen LogP contribution in [-0.2, 0) is 6.42 Å². The summed E-state index contributed by atoms with van der Waals surface area (Å²) < 4.78 is 0. The van der Waals surface area contributed by atoms with Crippen LogP contribution in [0.5, 0.6) is 0 Å². The summed E-state index contributed by atoms with van der Waals surface area (Å²) in [5.41, 5.74) is 2.83. The molecule has 21 heavy (non-hydrogen) atoms. The molecule has 0 amide bonds. The summed E-state index contributed by atoms with van der Waals surface area (Å²) in [6.07, 6.45) is 13.6. The summed E-state index contributed by atoms with van der Waals surface area (Å²) in [5.74, 6) is 0. The Morgan fingerprint density at radius 3 is 2.10 bits per heavy atom. The SMILES string of the molecule is CCCCCCCCCC(CCc1ccc(C)cc1)NC. The molecule has 1 atom stereocenters. The van der Waals surface area contributed by atoms with E-state index >= 15 is 0 Å². The Morgan fingerprint density at radius 1 is 0.857 bits per heavy atom. The first kappa shape index (κ1) is 18.2. The molecule has 0 aliphatic carbocycles. The topological polar surface area (TPSA) is 12.0 Å². The van der Waals surface area contributed by atoms with E-state index in [-0.39, 0.29) is 0 Å². The van der Waals surface area contributed by atoms with Crippen LogP contribution >= 0.6 is 0 Å². The minimum absolute atomic E-state index is 0.682. The van der Waals surface area contributed by atoms with Gasteiger partial charge >= 0.3 is 0 Å². The molecule has 1 rings (SSSR count). The highest BCUT2D eigenvalue weighted by atomic mass is 14.9. The van der Waals surface area contributed by atoms with Gasteiger partial charge in [-0.2, -0.15) is 0 Å². The average molecular weight is 290 g/mol. The lowest BCUT2D eigenvalue weighted by Crippen LogP contribution is -2.25. The van der Waals surface area contributed by atoms with Gasteiger partial charge in [0.15, 0.2) is 0 Å². The number of rotatable bonds is 12. The van der Waals surface area contributed by atoms with Crippen LogP contribution in [0.1, 0.15) is 75.8 Å². The Balaban J connectivity index is 2.09. The van der Waals surface area contributed by atoms with Crippen LogP contribution in [0.4, 0.5) is 0 Å². The molecule has 0 aromatic heterocycles. The Hall–Kier alpha value is -0.820. The van der Waals surface area contributed by atoms with Crippen molar-refractivity contribution in [2.75, 3.05) is 7.05 Å². The van der Waals surface area contributed by atoms with Crippen molar-refractivity contribution in [3.05, 3.63) is 35.4 Å². The van der Waals surface area contributed by atoms with Crippen molar-refractivity contribution >= 4 is 0 Å². The fourth-order valence-corrected chi connectivity index (χ4v) is 2.88. The Morgan fingerprint density at radius 2 is 1.48 bits per heavy atom. The molecular weight excluding hydrogens is 254 g/mol. The predicted octanol–water partition coefficient (Wildman–Crippen LogP) is 5.66. The van der Waals surface area contributed by atoms with Gasteiger partial charge in [-0.25, -0.2) is 0 Å². The van der Waals surface area contributed by atoms with E-state index in [1.807, 2.05) is 0 Å². The van der Waals surface area contributed by atoms with Crippen LogP contribution in [0.25, 0.3) is 0 Å². The third-order valence-electron chi connectivity index (χ3n) is 4.47. The highest BCUT2D eigenvalue weighted by molar-refractivity contribution is 5.21. The Labute approximate surface area is 132 Å². The molecule has 1 heteroatoms. The quantitative estimate of drug-likeness (QED) is 0.490. The van der Waals surface area contributed by atoms with E-state index in [1.165, 1.54) is 75.3 Å². The maximum absolute atomic E-state index is 3.49. The number of benzene rings is 1. The summed E-state index contributed by atoms with van der Waals surface area (Å²) in [7, 11) is 2.11. The van der Waals surface area contributed by atoms with Gasteiger partial charge in [0.05, 0.1) is 0 Å². The van der Waals surface area contributed by atoms with Crippen LogP contribution < -0.4 is 5.32 Å². The summed E-state index contributed by atoms with van der Waals surface area (Å²) in [6.45, 7) is 4.44. The minimum Gasteiger partial charge on any atom is -0.317 e. The smallest absolute Gasteiger partial charge is 0.00672 e. The van der Waals surface area contributed by atoms with E-state index in [0.717, 1.165) is 0 Å². The van der Waals surface area contributed by atoms with E-state index in [4.69, 9.17) is 0 Å². The molecule has 0 saturated carbocycles. The average Bonchev–Trinajstić information content (AvgIpc) is 2.51. The van der Waals surface area contributed by atoms with Crippen molar-refractivity contribution in [3.63, 3.8) is 0 Å². The van der Waals surface area contributed by atoms with Gasteiger partial charge in [-0.05, 0) is 38.8 Å². The molecule has 0 radical (unpaired) electrons. The molecule has 0 fully saturated rings. The number of hydrogen-bond donors (Lipinski definition) is 1. The van der Waals surface area contributed by atoms with Crippen molar-refractivity contribution in [1.82, 2.24) is 5.32 Å². The Bertz CT molecular complexity index is 341. The first-order valence-corrected chi connectivity index (χ1v) is 8.99. The van der Waals surface area contributed by atoms with Gasteiger partial charge in [0, 0.05) is 6.04 Å². The second-order valence-corrected chi connectivity index (χ2v) is 6.42. The first-order chi connectivity index (χ1) is 10.3. The molecule has 0 spiro atoms. The fourth-order valence-electron chi connectivity index (χ4n) is 2.88. The van der Waals surface area contributed by atoms with Crippen LogP contribution in [-0.4, -0.2) is 13.1 Å². The fraction of sp³-hybridized carbons (Fsp3) is 0.700. The maximum atomic E-state index is 3.49. The molecule has 1 nitrogen and oxygen atoms in total. The number of nitrogens with one attached hydrogen (secondary N) is 1. The van der Waals surface area contributed by atoms with E-state index in [1.54, 1.807) is 0 Å². The minimum atomic E-state index is 0.682. The van der Waals surface area contributed by atoms with E-state index in [0.29, 0.717) is 6.04 Å². The van der Waals surface area contributed by atoms with Gasteiger partial charge in [0.25, 0.3) is 0 Å². The van der Waals surface area contributed by atoms with Crippen molar-refractivity contribution in [1.29, 1.82) is 0 Å². The number of aryl methyl sites for hydroxylation is 2. The van der Waals surface area contributed by atoms with Crippen molar-refractivity contribution < 1.29 is 0 Å². The second kappa shape index (κ2) is 11.8. The van der Waals surface area contributed by atoms with Gasteiger partial charge in [-0.1, -0.05) is 81.7 Å². The third kappa shape index (κ3) is 8.93. The zero-order valence-corrected chi connectivity index (χ0v) is 14.5. The van der Waals surface area contributed by atoms with Gasteiger partial charge in [-0.3, -0.25) is 0 Å². The second-order valence-electron chi connectivity index (χ2n) is 6.42. The largest absolute Gasteiger partial charge is 0.317 e. The molecule has 1 N–H and O–H groups in total. The van der Waals surface area contributed by atoms with Crippen LogP contribution in [0.15, 0.2) is 24.3 Å². The van der Waals surface area contributed by atoms with E-state index in [9.17, 15) is 0 Å². The number of unbranched alkanes of at least 4 members (excludes halogenated alkanes) is 6. The lowest BCUT2D eigenvalue weighted by atomic mass is 9.99. The molecule has 1 aromatic carbocycles. The van der Waals surface area contributed by atoms with Gasteiger partial charge < -0.3 is 5.32 Å². The summed E-state index contributed by atoms with van der Waals surface area (Å²) in [4.78, 5) is 0. The van der Waals surface area contributed by atoms with Gasteiger partial charge in [0.1, 0.15) is 0 Å². The third-order valence-corrected chi connectivity index (χ3v) is 4.47. The van der Waals surface area contributed by atoms with Crippen LogP contribution in [0, 0.1) is 6.92 Å². The molecule has 0 bridgehead atoms. The highest BCUT2D eigenvalue weighted by Gasteiger charge is 2.06. The standard InChI is InChI=1S/C20H35N/c1-4-5-6-7-8-9-10-11-20(21-3)17-16-19-14-12-18(2)13-15-19/h12-15,20-21H,4-11,16-17H2,1-3H3. The van der Waals surface area contributed by atoms with Crippen LogP contribution in [0.2, 0.25) is 0 Å². The van der Waals surface area contributed by atoms with Gasteiger partial charge in [0.2, 0.25) is 0 Å². The predicted molar refractivity (Wildman–Crippen MR) is 95.0 cm³/mol. The van der Waals surface area contributed by atoms with Gasteiger partial charge in [-0.15, -0.1) is 0 Å². The molecule has 0 heterocycles. The normalized spacial score (nSPS) is 12.5.